The third kappa shape index (κ3) is 3.60. The van der Waals surface area contributed by atoms with Crippen molar-refractivity contribution in [2.24, 2.45) is 5.16 Å². The van der Waals surface area contributed by atoms with Crippen LogP contribution in [0.5, 0.6) is 0 Å². The van der Waals surface area contributed by atoms with E-state index in [9.17, 15) is 0 Å². The van der Waals surface area contributed by atoms with Gasteiger partial charge in [0.25, 0.3) is 0 Å². The molecule has 0 radical (unpaired) electrons. The number of nitrogens with zero attached hydrogens (tertiary/aromatic N) is 1. The lowest BCUT2D eigenvalue weighted by atomic mass is 10.0. The molecule has 0 fully saturated rings. The number of unbranched alkanes of at least 4 members (excludes halogenated alkanes) is 1. The molecule has 0 bridgehead atoms. The molecule has 0 saturated carbocycles. The molecule has 0 amide bonds. The summed E-state index contributed by atoms with van der Waals surface area (Å²) >= 11 is 0. The fraction of sp³-hybridized carbons (Fsp3) is 0.417. The maximum absolute atomic E-state index is 4.59. The number of rotatable bonds is 5. The first kappa shape index (κ1) is 10.8. The van der Waals surface area contributed by atoms with Gasteiger partial charge < -0.3 is 4.84 Å². The summed E-state index contributed by atoms with van der Waals surface area (Å²) in [4.78, 5) is 4.59. The lowest BCUT2D eigenvalue weighted by molar-refractivity contribution is 0.214. The topological polar surface area (TPSA) is 21.6 Å². The van der Waals surface area contributed by atoms with Crippen molar-refractivity contribution in [2.75, 3.05) is 7.11 Å². The molecule has 0 spiro atoms. The summed E-state index contributed by atoms with van der Waals surface area (Å²) in [7, 11) is 1.57. The lowest BCUT2D eigenvalue weighted by Gasteiger charge is -2.02. The number of hydrogen-bond acceptors (Lipinski definition) is 2. The zero-order valence-electron chi connectivity index (χ0n) is 8.86. The summed E-state index contributed by atoms with van der Waals surface area (Å²) in [6.07, 6.45) is 5.03. The minimum absolute atomic E-state index is 0.974. The maximum atomic E-state index is 4.59. The van der Waals surface area contributed by atoms with Crippen molar-refractivity contribution < 1.29 is 4.84 Å². The van der Waals surface area contributed by atoms with E-state index in [1.165, 1.54) is 11.1 Å². The molecule has 1 aromatic rings. The number of aryl methyl sites for hydroxylation is 2. The van der Waals surface area contributed by atoms with Crippen molar-refractivity contribution in [1.29, 1.82) is 0 Å². The fourth-order valence-corrected chi connectivity index (χ4v) is 1.40. The van der Waals surface area contributed by atoms with Gasteiger partial charge in [-0.15, -0.1) is 0 Å². The van der Waals surface area contributed by atoms with E-state index in [1.807, 2.05) is 6.21 Å². The first-order chi connectivity index (χ1) is 6.84. The number of hydrogen-bond donors (Lipinski definition) is 0. The molecule has 0 unspecified atom stereocenters. The summed E-state index contributed by atoms with van der Waals surface area (Å²) in [6.45, 7) is 2.15. The molecule has 0 aromatic heterocycles. The zero-order valence-corrected chi connectivity index (χ0v) is 8.86. The highest BCUT2D eigenvalue weighted by atomic mass is 16.6. The van der Waals surface area contributed by atoms with Crippen molar-refractivity contribution in [3.8, 4) is 0 Å². The average Bonchev–Trinajstić information content (AvgIpc) is 2.20. The van der Waals surface area contributed by atoms with Gasteiger partial charge in [0.15, 0.2) is 0 Å². The first-order valence-electron chi connectivity index (χ1n) is 4.94. The Bertz CT molecular complexity index is 294. The molecule has 2 nitrogen and oxygen atoms in total. The monoisotopic (exact) mass is 191 g/mol. The molecule has 1 aromatic carbocycles. The minimum atomic E-state index is 0.974. The highest BCUT2D eigenvalue weighted by Crippen LogP contribution is 2.09. The molecule has 14 heavy (non-hydrogen) atoms. The van der Waals surface area contributed by atoms with Crippen LogP contribution < -0.4 is 0 Å². The van der Waals surface area contributed by atoms with E-state index in [0.717, 1.165) is 19.3 Å². The predicted molar refractivity (Wildman–Crippen MR) is 59.6 cm³/mol. The van der Waals surface area contributed by atoms with Crippen LogP contribution in [0.4, 0.5) is 0 Å². The summed E-state index contributed by atoms with van der Waals surface area (Å²) in [5.74, 6) is 0. The van der Waals surface area contributed by atoms with Gasteiger partial charge in [-0.3, -0.25) is 0 Å². The molecule has 2 heteroatoms. The SMILES string of the molecule is CON=CCCCc1ccccc1C. The van der Waals surface area contributed by atoms with Gasteiger partial charge in [-0.05, 0) is 37.3 Å². The first-order valence-corrected chi connectivity index (χ1v) is 4.94. The summed E-state index contributed by atoms with van der Waals surface area (Å²) < 4.78 is 0. The van der Waals surface area contributed by atoms with Crippen LogP contribution in [-0.2, 0) is 11.3 Å². The van der Waals surface area contributed by atoms with E-state index in [-0.39, 0.29) is 0 Å². The van der Waals surface area contributed by atoms with Gasteiger partial charge in [-0.2, -0.15) is 0 Å². The molecule has 0 aliphatic rings. The minimum Gasteiger partial charge on any atom is -0.399 e. The van der Waals surface area contributed by atoms with Gasteiger partial charge in [0.05, 0.1) is 0 Å². The molecule has 0 aliphatic carbocycles. The fourth-order valence-electron chi connectivity index (χ4n) is 1.40. The number of benzene rings is 1. The highest BCUT2D eigenvalue weighted by molar-refractivity contribution is 5.56. The van der Waals surface area contributed by atoms with E-state index in [1.54, 1.807) is 7.11 Å². The van der Waals surface area contributed by atoms with Gasteiger partial charge >= 0.3 is 0 Å². The summed E-state index contributed by atoms with van der Waals surface area (Å²) in [5, 5.41) is 3.70. The van der Waals surface area contributed by atoms with Crippen LogP contribution in [0, 0.1) is 6.92 Å². The molecule has 0 heterocycles. The average molecular weight is 191 g/mol. The lowest BCUT2D eigenvalue weighted by Crippen LogP contribution is -1.89. The molecule has 0 atom stereocenters. The van der Waals surface area contributed by atoms with Crippen molar-refractivity contribution in [2.45, 2.75) is 26.2 Å². The van der Waals surface area contributed by atoms with Gasteiger partial charge in [0.2, 0.25) is 0 Å². The summed E-state index contributed by atoms with van der Waals surface area (Å²) in [6, 6.07) is 8.50. The molecule has 0 aliphatic heterocycles. The molecule has 76 valence electrons. The third-order valence-corrected chi connectivity index (χ3v) is 2.22. The van der Waals surface area contributed by atoms with Crippen molar-refractivity contribution >= 4 is 6.21 Å². The second-order valence-electron chi connectivity index (χ2n) is 3.29. The van der Waals surface area contributed by atoms with Gasteiger partial charge in [0, 0.05) is 6.21 Å². The maximum Gasteiger partial charge on any atom is 0.106 e. The molecular weight excluding hydrogens is 174 g/mol. The largest absolute Gasteiger partial charge is 0.399 e. The molecule has 0 saturated heterocycles. The molecular formula is C12H17NO. The van der Waals surface area contributed by atoms with Crippen molar-refractivity contribution in [3.63, 3.8) is 0 Å². The summed E-state index contributed by atoms with van der Waals surface area (Å²) in [5.41, 5.74) is 2.80. The predicted octanol–water partition coefficient (Wildman–Crippen LogP) is 2.95. The smallest absolute Gasteiger partial charge is 0.106 e. The van der Waals surface area contributed by atoms with E-state index in [2.05, 4.69) is 41.2 Å². The Balaban J connectivity index is 2.31. The van der Waals surface area contributed by atoms with Crippen LogP contribution in [0.1, 0.15) is 24.0 Å². The quantitative estimate of drug-likeness (QED) is 0.398. The Morgan fingerprint density at radius 3 is 2.86 bits per heavy atom. The Kier molecular flexibility index (Phi) is 4.76. The Labute approximate surface area is 85.6 Å². The Hall–Kier alpha value is -1.31. The van der Waals surface area contributed by atoms with Crippen LogP contribution in [-0.4, -0.2) is 13.3 Å². The van der Waals surface area contributed by atoms with Gasteiger partial charge in [-0.25, -0.2) is 0 Å². The standard InChI is InChI=1S/C12H17NO/c1-11-7-3-4-8-12(11)9-5-6-10-13-14-2/h3-4,7-8,10H,5-6,9H2,1-2H3. The normalized spacial score (nSPS) is 10.7. The van der Waals surface area contributed by atoms with Gasteiger partial charge in [-0.1, -0.05) is 29.4 Å². The van der Waals surface area contributed by atoms with E-state index in [4.69, 9.17) is 0 Å². The van der Waals surface area contributed by atoms with Gasteiger partial charge in [0.1, 0.15) is 7.11 Å². The highest BCUT2D eigenvalue weighted by Gasteiger charge is 1.95. The van der Waals surface area contributed by atoms with E-state index < -0.39 is 0 Å². The Morgan fingerprint density at radius 2 is 2.14 bits per heavy atom. The third-order valence-electron chi connectivity index (χ3n) is 2.22. The molecule has 1 rings (SSSR count). The van der Waals surface area contributed by atoms with Crippen LogP contribution in [0.25, 0.3) is 0 Å². The second-order valence-corrected chi connectivity index (χ2v) is 3.29. The van der Waals surface area contributed by atoms with E-state index in [0.29, 0.717) is 0 Å². The van der Waals surface area contributed by atoms with Crippen LogP contribution in [0.3, 0.4) is 0 Å². The van der Waals surface area contributed by atoms with Crippen LogP contribution >= 0.6 is 0 Å². The van der Waals surface area contributed by atoms with Crippen molar-refractivity contribution in [1.82, 2.24) is 0 Å². The van der Waals surface area contributed by atoms with Crippen LogP contribution in [0.2, 0.25) is 0 Å². The van der Waals surface area contributed by atoms with Crippen molar-refractivity contribution in [3.05, 3.63) is 35.4 Å². The molecule has 0 N–H and O–H groups in total. The Morgan fingerprint density at radius 1 is 1.36 bits per heavy atom. The number of oxime groups is 1. The second kappa shape index (κ2) is 6.19. The van der Waals surface area contributed by atoms with Crippen LogP contribution in [0.15, 0.2) is 29.4 Å². The van der Waals surface area contributed by atoms with E-state index >= 15 is 0 Å². The zero-order chi connectivity index (χ0) is 10.2.